The van der Waals surface area contributed by atoms with E-state index in [1.54, 1.807) is 11.3 Å². The number of thiophene rings is 1. The van der Waals surface area contributed by atoms with E-state index in [1.807, 2.05) is 20.8 Å². The van der Waals surface area contributed by atoms with Gasteiger partial charge in [-0.3, -0.25) is 0 Å². The first kappa shape index (κ1) is 17.0. The molecule has 1 atom stereocenters. The van der Waals surface area contributed by atoms with Crippen LogP contribution in [0, 0.1) is 0 Å². The van der Waals surface area contributed by atoms with Crippen LogP contribution in [0.15, 0.2) is 11.4 Å². The summed E-state index contributed by atoms with van der Waals surface area (Å²) in [6.07, 6.45) is 0.577. The van der Waals surface area contributed by atoms with Crippen LogP contribution in [0.25, 0.3) is 0 Å². The highest BCUT2D eigenvalue weighted by Gasteiger charge is 2.30. The molecule has 0 saturated carbocycles. The van der Waals surface area contributed by atoms with E-state index >= 15 is 0 Å². The number of hydrogen-bond donors (Lipinski definition) is 2. The van der Waals surface area contributed by atoms with Gasteiger partial charge in [0.1, 0.15) is 5.60 Å². The van der Waals surface area contributed by atoms with E-state index < -0.39 is 11.7 Å². The van der Waals surface area contributed by atoms with Gasteiger partial charge in [-0.15, -0.1) is 11.3 Å². The molecular formula is C15H26N2O2S. The Kier molecular flexibility index (Phi) is 5.59. The zero-order valence-electron chi connectivity index (χ0n) is 13.1. The van der Waals surface area contributed by atoms with Crippen LogP contribution >= 0.6 is 11.3 Å². The fourth-order valence-corrected chi connectivity index (χ4v) is 3.14. The second-order valence-electron chi connectivity index (χ2n) is 6.25. The van der Waals surface area contributed by atoms with Gasteiger partial charge >= 0.3 is 6.09 Å². The smallest absolute Gasteiger partial charge is 0.407 e. The number of carbonyl (C=O) groups is 1. The first-order chi connectivity index (χ1) is 9.22. The van der Waals surface area contributed by atoms with Gasteiger partial charge in [0.2, 0.25) is 0 Å². The Bertz CT molecular complexity index is 451. The summed E-state index contributed by atoms with van der Waals surface area (Å²) in [7, 11) is 0. The van der Waals surface area contributed by atoms with E-state index in [0.29, 0.717) is 13.1 Å². The summed E-state index contributed by atoms with van der Waals surface area (Å²) in [5.41, 5.74) is 6.51. The second-order valence-corrected chi connectivity index (χ2v) is 7.16. The van der Waals surface area contributed by atoms with Gasteiger partial charge in [0, 0.05) is 23.4 Å². The Morgan fingerprint density at radius 1 is 1.40 bits per heavy atom. The van der Waals surface area contributed by atoms with Crippen molar-refractivity contribution < 1.29 is 9.53 Å². The van der Waals surface area contributed by atoms with E-state index in [2.05, 4.69) is 30.6 Å². The molecule has 1 unspecified atom stereocenters. The number of nitrogens with two attached hydrogens (primary N) is 1. The maximum absolute atomic E-state index is 11.8. The average Bonchev–Trinajstić information content (AvgIpc) is 2.82. The quantitative estimate of drug-likeness (QED) is 0.878. The predicted molar refractivity (Wildman–Crippen MR) is 84.3 cm³/mol. The Hall–Kier alpha value is -1.07. The van der Waals surface area contributed by atoms with Crippen molar-refractivity contribution in [3.63, 3.8) is 0 Å². The van der Waals surface area contributed by atoms with Gasteiger partial charge in [-0.05, 0) is 44.2 Å². The minimum atomic E-state index is -0.485. The molecule has 1 amide bonds. The number of nitrogens with one attached hydrogen (secondary N) is 1. The summed E-state index contributed by atoms with van der Waals surface area (Å²) in [5.74, 6) is 0. The van der Waals surface area contributed by atoms with Crippen molar-refractivity contribution in [1.82, 2.24) is 5.32 Å². The van der Waals surface area contributed by atoms with E-state index in [0.717, 1.165) is 6.42 Å². The summed E-state index contributed by atoms with van der Waals surface area (Å²) in [4.78, 5) is 13.0. The van der Waals surface area contributed by atoms with Gasteiger partial charge in [-0.1, -0.05) is 13.8 Å². The lowest BCUT2D eigenvalue weighted by molar-refractivity contribution is 0.0517. The molecule has 0 saturated heterocycles. The van der Waals surface area contributed by atoms with Crippen molar-refractivity contribution >= 4 is 17.4 Å². The molecule has 0 aliphatic carbocycles. The standard InChI is InChI=1S/C15H26N2O2S/c1-6-11-7-8-20-12(11)15(5,9-16)10-17-13(18)19-14(2,3)4/h7-8H,6,9-10,16H2,1-5H3,(H,17,18). The maximum atomic E-state index is 11.8. The maximum Gasteiger partial charge on any atom is 0.407 e. The lowest BCUT2D eigenvalue weighted by atomic mass is 9.86. The highest BCUT2D eigenvalue weighted by Crippen LogP contribution is 2.31. The summed E-state index contributed by atoms with van der Waals surface area (Å²) >= 11 is 1.70. The molecule has 1 aromatic rings. The van der Waals surface area contributed by atoms with Gasteiger partial charge < -0.3 is 15.8 Å². The summed E-state index contributed by atoms with van der Waals surface area (Å²) in [5, 5.41) is 4.91. The SMILES string of the molecule is CCc1ccsc1C(C)(CN)CNC(=O)OC(C)(C)C. The third-order valence-electron chi connectivity index (χ3n) is 3.15. The largest absolute Gasteiger partial charge is 0.444 e. The van der Waals surface area contributed by atoms with Gasteiger partial charge in [-0.25, -0.2) is 4.79 Å². The van der Waals surface area contributed by atoms with E-state index in [1.165, 1.54) is 10.4 Å². The molecule has 0 spiro atoms. The van der Waals surface area contributed by atoms with Crippen LogP contribution in [0.1, 0.15) is 45.1 Å². The molecule has 0 aliphatic rings. The summed E-state index contributed by atoms with van der Waals surface area (Å²) in [6, 6.07) is 2.13. The molecule has 4 nitrogen and oxygen atoms in total. The minimum absolute atomic E-state index is 0.254. The number of amides is 1. The molecule has 1 rings (SSSR count). The minimum Gasteiger partial charge on any atom is -0.444 e. The highest BCUT2D eigenvalue weighted by atomic mass is 32.1. The van der Waals surface area contributed by atoms with Crippen molar-refractivity contribution in [2.24, 2.45) is 5.73 Å². The first-order valence-corrected chi connectivity index (χ1v) is 7.83. The monoisotopic (exact) mass is 298 g/mol. The Balaban J connectivity index is 2.74. The molecule has 5 heteroatoms. The number of hydrogen-bond acceptors (Lipinski definition) is 4. The van der Waals surface area contributed by atoms with Gasteiger partial charge in [0.05, 0.1) is 0 Å². The topological polar surface area (TPSA) is 64.3 Å². The molecule has 0 aromatic carbocycles. The predicted octanol–water partition coefficient (Wildman–Crippen LogP) is 3.05. The zero-order valence-corrected chi connectivity index (χ0v) is 13.9. The van der Waals surface area contributed by atoms with Crippen LogP contribution in [0.3, 0.4) is 0 Å². The van der Waals surface area contributed by atoms with E-state index in [4.69, 9.17) is 10.5 Å². The fourth-order valence-electron chi connectivity index (χ4n) is 1.97. The van der Waals surface area contributed by atoms with Crippen molar-refractivity contribution in [2.75, 3.05) is 13.1 Å². The van der Waals surface area contributed by atoms with Crippen molar-refractivity contribution in [3.8, 4) is 0 Å². The lowest BCUT2D eigenvalue weighted by Gasteiger charge is -2.29. The molecule has 114 valence electrons. The molecule has 20 heavy (non-hydrogen) atoms. The number of carbonyl (C=O) groups excluding carboxylic acids is 1. The third-order valence-corrected chi connectivity index (χ3v) is 4.41. The van der Waals surface area contributed by atoms with Crippen molar-refractivity contribution in [2.45, 2.75) is 52.1 Å². The Morgan fingerprint density at radius 3 is 2.55 bits per heavy atom. The van der Waals surface area contributed by atoms with Crippen molar-refractivity contribution in [3.05, 3.63) is 21.9 Å². The second kappa shape index (κ2) is 6.59. The number of alkyl carbamates (subject to hydrolysis) is 1. The summed E-state index contributed by atoms with van der Waals surface area (Å²) in [6.45, 7) is 10.7. The molecular weight excluding hydrogens is 272 g/mol. The van der Waals surface area contributed by atoms with Crippen LogP contribution in [0.4, 0.5) is 4.79 Å². The highest BCUT2D eigenvalue weighted by molar-refractivity contribution is 7.10. The van der Waals surface area contributed by atoms with Crippen LogP contribution in [-0.4, -0.2) is 24.8 Å². The number of rotatable bonds is 5. The molecule has 0 fully saturated rings. The van der Waals surface area contributed by atoms with Crippen molar-refractivity contribution in [1.29, 1.82) is 0 Å². The normalized spacial score (nSPS) is 14.7. The molecule has 3 N–H and O–H groups in total. The Morgan fingerprint density at radius 2 is 2.05 bits per heavy atom. The third kappa shape index (κ3) is 4.49. The van der Waals surface area contributed by atoms with Crippen LogP contribution in [-0.2, 0) is 16.6 Å². The number of aryl methyl sites for hydroxylation is 1. The molecule has 0 bridgehead atoms. The van der Waals surface area contributed by atoms with E-state index in [9.17, 15) is 4.79 Å². The fraction of sp³-hybridized carbons (Fsp3) is 0.667. The Labute approximate surface area is 125 Å². The molecule has 0 aliphatic heterocycles. The van der Waals surface area contributed by atoms with Crippen LogP contribution < -0.4 is 11.1 Å². The summed E-state index contributed by atoms with van der Waals surface area (Å²) < 4.78 is 5.26. The van der Waals surface area contributed by atoms with Gasteiger partial charge in [0.15, 0.2) is 0 Å². The molecule has 1 aromatic heterocycles. The van der Waals surface area contributed by atoms with Gasteiger partial charge in [0.25, 0.3) is 0 Å². The van der Waals surface area contributed by atoms with E-state index in [-0.39, 0.29) is 5.41 Å². The molecule has 1 heterocycles. The van der Waals surface area contributed by atoms with Crippen LogP contribution in [0.5, 0.6) is 0 Å². The number of ether oxygens (including phenoxy) is 1. The van der Waals surface area contributed by atoms with Gasteiger partial charge in [-0.2, -0.15) is 0 Å². The average molecular weight is 298 g/mol. The molecule has 0 radical (unpaired) electrons. The zero-order chi connectivity index (χ0) is 15.4. The first-order valence-electron chi connectivity index (χ1n) is 6.95. The van der Waals surface area contributed by atoms with Crippen LogP contribution in [0.2, 0.25) is 0 Å². The lowest BCUT2D eigenvalue weighted by Crippen LogP contribution is -2.45.